The van der Waals surface area contributed by atoms with Crippen LogP contribution in [0.3, 0.4) is 0 Å². The number of halogens is 1. The number of hydrogen-bond acceptors (Lipinski definition) is 8. The van der Waals surface area contributed by atoms with Crippen molar-refractivity contribution in [1.82, 2.24) is 9.71 Å². The topological polar surface area (TPSA) is 89.3 Å². The van der Waals surface area contributed by atoms with Crippen LogP contribution in [0.4, 0.5) is 5.69 Å². The minimum absolute atomic E-state index is 0.208. The lowest BCUT2D eigenvalue weighted by atomic mass is 9.88. The van der Waals surface area contributed by atoms with Gasteiger partial charge in [-0.25, -0.2) is 4.72 Å². The highest BCUT2D eigenvalue weighted by Gasteiger charge is 2.26. The Balaban J connectivity index is 1.76. The number of carbonyl (C=O) groups excluding carboxylic acids is 1. The van der Waals surface area contributed by atoms with E-state index < -0.39 is 17.4 Å². The maximum Gasteiger partial charge on any atom is 0.322 e. The Bertz CT molecular complexity index is 1130. The van der Waals surface area contributed by atoms with Crippen LogP contribution in [0.1, 0.15) is 40.3 Å². The fourth-order valence-electron chi connectivity index (χ4n) is 3.05. The fourth-order valence-corrected chi connectivity index (χ4v) is 4.89. The van der Waals surface area contributed by atoms with Gasteiger partial charge in [0.2, 0.25) is 0 Å². The Morgan fingerprint density at radius 2 is 1.97 bits per heavy atom. The van der Waals surface area contributed by atoms with Crippen molar-refractivity contribution in [3.63, 3.8) is 0 Å². The molecule has 1 unspecified atom stereocenters. The van der Waals surface area contributed by atoms with Crippen molar-refractivity contribution in [2.45, 2.75) is 52.1 Å². The molecule has 0 aliphatic rings. The van der Waals surface area contributed by atoms with Crippen LogP contribution < -0.4 is 15.2 Å². The van der Waals surface area contributed by atoms with Gasteiger partial charge in [-0.1, -0.05) is 25.4 Å². The maximum atomic E-state index is 11.8. The minimum atomic E-state index is -0.647. The van der Waals surface area contributed by atoms with E-state index in [0.29, 0.717) is 11.1 Å². The van der Waals surface area contributed by atoms with Gasteiger partial charge in [0, 0.05) is 51.6 Å². The molecule has 3 rings (SSSR count). The first-order valence-corrected chi connectivity index (χ1v) is 13.1. The molecule has 182 valence electrons. The van der Waals surface area contributed by atoms with Gasteiger partial charge in [0.1, 0.15) is 12.6 Å². The van der Waals surface area contributed by atoms with Gasteiger partial charge >= 0.3 is 5.97 Å². The van der Waals surface area contributed by atoms with Crippen LogP contribution >= 0.6 is 35.1 Å². The van der Waals surface area contributed by atoms with E-state index in [9.17, 15) is 4.79 Å². The third kappa shape index (κ3) is 6.96. The SMILES string of the molecule is CC(C)NSNc1ccc(-c2cc(-c3ccnc(C(C)(C)COC(=O)C(C)N)c3)cs2)c(Cl)c1. The van der Waals surface area contributed by atoms with Gasteiger partial charge in [-0.2, -0.15) is 0 Å². The van der Waals surface area contributed by atoms with E-state index in [2.05, 4.69) is 39.7 Å². The number of anilines is 1. The van der Waals surface area contributed by atoms with E-state index in [1.807, 2.05) is 44.2 Å². The molecular weight excluding hydrogens is 488 g/mol. The van der Waals surface area contributed by atoms with Crippen LogP contribution in [0.15, 0.2) is 48.0 Å². The Morgan fingerprint density at radius 1 is 1.21 bits per heavy atom. The highest BCUT2D eigenvalue weighted by Crippen LogP contribution is 2.38. The Kier molecular flexibility index (Phi) is 9.01. The Morgan fingerprint density at radius 3 is 2.65 bits per heavy atom. The third-order valence-electron chi connectivity index (χ3n) is 5.03. The number of hydrogen-bond donors (Lipinski definition) is 3. The second kappa shape index (κ2) is 11.6. The molecule has 0 saturated heterocycles. The fraction of sp³-hybridized carbons (Fsp3) is 0.360. The average molecular weight is 519 g/mol. The maximum absolute atomic E-state index is 11.8. The zero-order valence-electron chi connectivity index (χ0n) is 20.0. The molecule has 0 saturated carbocycles. The number of pyridine rings is 1. The lowest BCUT2D eigenvalue weighted by molar-refractivity contribution is -0.146. The normalized spacial score (nSPS) is 12.6. The van der Waals surface area contributed by atoms with E-state index in [1.54, 1.807) is 24.5 Å². The number of nitrogens with two attached hydrogens (primary N) is 1. The monoisotopic (exact) mass is 518 g/mol. The molecule has 0 bridgehead atoms. The summed E-state index contributed by atoms with van der Waals surface area (Å²) in [6.07, 6.45) is 1.79. The number of nitrogens with one attached hydrogen (secondary N) is 2. The summed E-state index contributed by atoms with van der Waals surface area (Å²) in [6.45, 7) is 9.99. The van der Waals surface area contributed by atoms with Gasteiger partial charge in [0.05, 0.1) is 5.02 Å². The third-order valence-corrected chi connectivity index (χ3v) is 7.23. The van der Waals surface area contributed by atoms with Crippen molar-refractivity contribution in [3.05, 3.63) is 58.7 Å². The first kappa shape index (κ1) is 26.5. The highest BCUT2D eigenvalue weighted by atomic mass is 35.5. The van der Waals surface area contributed by atoms with Crippen molar-refractivity contribution in [1.29, 1.82) is 0 Å². The minimum Gasteiger partial charge on any atom is -0.464 e. The van der Waals surface area contributed by atoms with Crippen LogP contribution in [0.5, 0.6) is 0 Å². The van der Waals surface area contributed by atoms with E-state index in [1.165, 1.54) is 12.1 Å². The van der Waals surface area contributed by atoms with Gasteiger partial charge < -0.3 is 15.2 Å². The lowest BCUT2D eigenvalue weighted by Gasteiger charge is -2.24. The van der Waals surface area contributed by atoms with Gasteiger partial charge in [-0.15, -0.1) is 11.3 Å². The largest absolute Gasteiger partial charge is 0.464 e. The summed E-state index contributed by atoms with van der Waals surface area (Å²) < 4.78 is 11.9. The average Bonchev–Trinajstić information content (AvgIpc) is 3.27. The number of carbonyl (C=O) groups is 1. The summed E-state index contributed by atoms with van der Waals surface area (Å²) in [5.74, 6) is -0.417. The van der Waals surface area contributed by atoms with Crippen molar-refractivity contribution >= 4 is 46.7 Å². The molecule has 3 aromatic rings. The van der Waals surface area contributed by atoms with Crippen LogP contribution in [-0.2, 0) is 14.9 Å². The van der Waals surface area contributed by atoms with Crippen molar-refractivity contribution in [2.24, 2.45) is 5.73 Å². The summed E-state index contributed by atoms with van der Waals surface area (Å²) >= 11 is 9.69. The van der Waals surface area contributed by atoms with E-state index in [-0.39, 0.29) is 6.61 Å². The van der Waals surface area contributed by atoms with Crippen molar-refractivity contribution in [3.8, 4) is 21.6 Å². The van der Waals surface area contributed by atoms with Gasteiger partial charge in [-0.3, -0.25) is 9.78 Å². The molecule has 0 aliphatic carbocycles. The summed E-state index contributed by atoms with van der Waals surface area (Å²) in [6, 6.07) is 11.9. The van der Waals surface area contributed by atoms with Gasteiger partial charge in [0.25, 0.3) is 0 Å². The second-order valence-electron chi connectivity index (χ2n) is 9.08. The van der Waals surface area contributed by atoms with Crippen LogP contribution in [0.2, 0.25) is 5.02 Å². The van der Waals surface area contributed by atoms with Gasteiger partial charge in [0.15, 0.2) is 0 Å². The number of nitrogens with zero attached hydrogens (tertiary/aromatic N) is 1. The predicted molar refractivity (Wildman–Crippen MR) is 145 cm³/mol. The number of benzene rings is 1. The Labute approximate surface area is 214 Å². The molecule has 2 aromatic heterocycles. The predicted octanol–water partition coefficient (Wildman–Crippen LogP) is 6.27. The van der Waals surface area contributed by atoms with Crippen LogP contribution in [0.25, 0.3) is 21.6 Å². The lowest BCUT2D eigenvalue weighted by Crippen LogP contribution is -2.34. The molecule has 0 radical (unpaired) electrons. The standard InChI is InChI=1S/C25H31ClN4O2S2/c1-15(2)29-34-30-19-6-7-20(21(26)12-19)22-10-18(13-33-22)17-8-9-28-23(11-17)25(4,5)14-32-24(31)16(3)27/h6-13,15-16,29-30H,14,27H2,1-5H3. The number of aromatic nitrogens is 1. The number of thiophene rings is 1. The molecule has 34 heavy (non-hydrogen) atoms. The summed E-state index contributed by atoms with van der Waals surface area (Å²) in [4.78, 5) is 17.4. The zero-order chi connectivity index (χ0) is 24.9. The first-order chi connectivity index (χ1) is 16.1. The summed E-state index contributed by atoms with van der Waals surface area (Å²) in [5.41, 5.74) is 10.1. The van der Waals surface area contributed by atoms with E-state index in [4.69, 9.17) is 22.1 Å². The molecule has 0 aliphatic heterocycles. The molecule has 0 amide bonds. The van der Waals surface area contributed by atoms with E-state index >= 15 is 0 Å². The zero-order valence-corrected chi connectivity index (χ0v) is 22.4. The van der Waals surface area contributed by atoms with Crippen LogP contribution in [0, 0.1) is 0 Å². The highest BCUT2D eigenvalue weighted by molar-refractivity contribution is 7.98. The quantitative estimate of drug-likeness (QED) is 0.215. The smallest absolute Gasteiger partial charge is 0.322 e. The molecule has 0 spiro atoms. The summed E-state index contributed by atoms with van der Waals surface area (Å²) in [5, 5.41) is 2.80. The molecule has 1 atom stereocenters. The molecule has 9 heteroatoms. The molecule has 0 fully saturated rings. The number of ether oxygens (including phenoxy) is 1. The number of esters is 1. The Hall–Kier alpha value is -2.10. The van der Waals surface area contributed by atoms with Crippen molar-refractivity contribution in [2.75, 3.05) is 11.3 Å². The first-order valence-electron chi connectivity index (χ1n) is 11.0. The summed E-state index contributed by atoms with van der Waals surface area (Å²) in [7, 11) is 0. The van der Waals surface area contributed by atoms with E-state index in [0.717, 1.165) is 32.9 Å². The molecule has 2 heterocycles. The second-order valence-corrected chi connectivity index (χ2v) is 11.0. The molecule has 1 aromatic carbocycles. The number of rotatable bonds is 10. The van der Waals surface area contributed by atoms with Gasteiger partial charge in [-0.05, 0) is 73.7 Å². The van der Waals surface area contributed by atoms with Crippen LogP contribution in [-0.4, -0.2) is 29.6 Å². The molecule has 6 nitrogen and oxygen atoms in total. The molecular formula is C25H31ClN4O2S2. The molecule has 4 N–H and O–H groups in total. The van der Waals surface area contributed by atoms with Crippen molar-refractivity contribution < 1.29 is 9.53 Å².